The minimum atomic E-state index is 0. The van der Waals surface area contributed by atoms with Crippen LogP contribution in [-0.2, 0) is 6.42 Å². The Bertz CT molecular complexity index is 495. The maximum Gasteiger partial charge on any atom is 0.191 e. The Morgan fingerprint density at radius 2 is 2.13 bits per heavy atom. The zero-order valence-electron chi connectivity index (χ0n) is 14.0. The van der Waals surface area contributed by atoms with Crippen LogP contribution < -0.4 is 10.6 Å². The van der Waals surface area contributed by atoms with Crippen molar-refractivity contribution in [2.24, 2.45) is 4.99 Å². The van der Waals surface area contributed by atoms with Gasteiger partial charge in [-0.2, -0.15) is 0 Å². The van der Waals surface area contributed by atoms with Crippen molar-refractivity contribution in [1.82, 2.24) is 15.5 Å². The van der Waals surface area contributed by atoms with Crippen LogP contribution in [0.3, 0.4) is 0 Å². The molecule has 0 amide bonds. The highest BCUT2D eigenvalue weighted by molar-refractivity contribution is 14.0. The minimum Gasteiger partial charge on any atom is -0.356 e. The number of benzene rings is 1. The molecule has 6 heteroatoms. The molecule has 1 aliphatic heterocycles. The van der Waals surface area contributed by atoms with Crippen LogP contribution in [0.5, 0.6) is 0 Å². The molecule has 2 rings (SSSR count). The summed E-state index contributed by atoms with van der Waals surface area (Å²) in [7, 11) is 1.82. The van der Waals surface area contributed by atoms with Crippen LogP contribution in [0.15, 0.2) is 29.3 Å². The van der Waals surface area contributed by atoms with Crippen molar-refractivity contribution in [3.63, 3.8) is 0 Å². The molecule has 130 valence electrons. The van der Waals surface area contributed by atoms with E-state index in [0.29, 0.717) is 6.04 Å². The maximum absolute atomic E-state index is 6.17. The van der Waals surface area contributed by atoms with Gasteiger partial charge in [0.25, 0.3) is 0 Å². The standard InChI is InChI=1S/C17H27ClN4.HI/c1-3-22-12-6-8-15(22)13-21-17(19-2)20-11-10-14-7-4-5-9-16(14)18;/h4-5,7,9,15H,3,6,8,10-13H2,1-2H3,(H2,19,20,21);1H. The molecule has 1 atom stereocenters. The highest BCUT2D eigenvalue weighted by Gasteiger charge is 2.22. The van der Waals surface area contributed by atoms with E-state index >= 15 is 0 Å². The van der Waals surface area contributed by atoms with Crippen molar-refractivity contribution in [3.05, 3.63) is 34.9 Å². The van der Waals surface area contributed by atoms with E-state index in [0.717, 1.165) is 37.0 Å². The summed E-state index contributed by atoms with van der Waals surface area (Å²) in [4.78, 5) is 6.83. The molecule has 0 aliphatic carbocycles. The monoisotopic (exact) mass is 450 g/mol. The Labute approximate surface area is 162 Å². The summed E-state index contributed by atoms with van der Waals surface area (Å²) in [6, 6.07) is 8.61. The Morgan fingerprint density at radius 1 is 1.35 bits per heavy atom. The Morgan fingerprint density at radius 3 is 2.83 bits per heavy atom. The number of aliphatic imine (C=N–C) groups is 1. The van der Waals surface area contributed by atoms with Crippen LogP contribution in [0.25, 0.3) is 0 Å². The minimum absolute atomic E-state index is 0. The third-order valence-electron chi connectivity index (χ3n) is 4.28. The van der Waals surface area contributed by atoms with E-state index in [1.54, 1.807) is 0 Å². The van der Waals surface area contributed by atoms with Gasteiger partial charge in [0, 0.05) is 31.2 Å². The van der Waals surface area contributed by atoms with Crippen molar-refractivity contribution in [3.8, 4) is 0 Å². The maximum atomic E-state index is 6.17. The summed E-state index contributed by atoms with van der Waals surface area (Å²) < 4.78 is 0. The van der Waals surface area contributed by atoms with E-state index in [-0.39, 0.29) is 24.0 Å². The highest BCUT2D eigenvalue weighted by Crippen LogP contribution is 2.16. The lowest BCUT2D eigenvalue weighted by Crippen LogP contribution is -2.45. The Balaban J connectivity index is 0.00000264. The number of guanidine groups is 1. The summed E-state index contributed by atoms with van der Waals surface area (Å²) in [5.74, 6) is 0.870. The summed E-state index contributed by atoms with van der Waals surface area (Å²) in [6.07, 6.45) is 3.47. The zero-order chi connectivity index (χ0) is 15.8. The van der Waals surface area contributed by atoms with E-state index in [1.807, 2.05) is 25.2 Å². The molecule has 0 radical (unpaired) electrons. The summed E-state index contributed by atoms with van der Waals surface area (Å²) in [5, 5.41) is 7.63. The van der Waals surface area contributed by atoms with Crippen molar-refractivity contribution in [2.45, 2.75) is 32.2 Å². The number of likely N-dealkylation sites (N-methyl/N-ethyl adjacent to an activating group) is 1. The lowest BCUT2D eigenvalue weighted by Gasteiger charge is -2.24. The molecule has 0 saturated carbocycles. The molecule has 23 heavy (non-hydrogen) atoms. The first kappa shape index (κ1) is 20.5. The van der Waals surface area contributed by atoms with Gasteiger partial charge in [-0.25, -0.2) is 0 Å². The number of nitrogens with zero attached hydrogens (tertiary/aromatic N) is 2. The molecule has 1 aromatic rings. The third-order valence-corrected chi connectivity index (χ3v) is 4.65. The van der Waals surface area contributed by atoms with Gasteiger partial charge in [-0.15, -0.1) is 24.0 Å². The third kappa shape index (κ3) is 6.47. The smallest absolute Gasteiger partial charge is 0.191 e. The fraction of sp³-hybridized carbons (Fsp3) is 0.588. The number of hydrogen-bond donors (Lipinski definition) is 2. The lowest BCUT2D eigenvalue weighted by molar-refractivity contribution is 0.267. The molecule has 1 unspecified atom stereocenters. The summed E-state index contributed by atoms with van der Waals surface area (Å²) in [6.45, 7) is 6.37. The second-order valence-corrected chi connectivity index (χ2v) is 6.05. The second-order valence-electron chi connectivity index (χ2n) is 5.65. The number of rotatable bonds is 6. The molecule has 0 bridgehead atoms. The Hall–Kier alpha value is -0.530. The number of nitrogens with one attached hydrogen (secondary N) is 2. The number of hydrogen-bond acceptors (Lipinski definition) is 2. The fourth-order valence-electron chi connectivity index (χ4n) is 2.99. The highest BCUT2D eigenvalue weighted by atomic mass is 127. The molecule has 1 aliphatic rings. The van der Waals surface area contributed by atoms with Crippen LogP contribution in [0.1, 0.15) is 25.3 Å². The normalized spacial score (nSPS) is 18.6. The second kappa shape index (κ2) is 11.1. The van der Waals surface area contributed by atoms with Crippen molar-refractivity contribution in [2.75, 3.05) is 33.2 Å². The molecule has 1 heterocycles. The van der Waals surface area contributed by atoms with Crippen molar-refractivity contribution < 1.29 is 0 Å². The van der Waals surface area contributed by atoms with Crippen LogP contribution in [-0.4, -0.2) is 50.1 Å². The first-order chi connectivity index (χ1) is 10.7. The van der Waals surface area contributed by atoms with Gasteiger partial charge in [-0.3, -0.25) is 9.89 Å². The SMILES string of the molecule is CCN1CCCC1CNC(=NC)NCCc1ccccc1Cl.I. The van der Waals surface area contributed by atoms with Gasteiger partial charge >= 0.3 is 0 Å². The molecule has 1 aromatic carbocycles. The molecule has 1 saturated heterocycles. The fourth-order valence-corrected chi connectivity index (χ4v) is 3.22. The van der Waals surface area contributed by atoms with Gasteiger partial charge in [0.1, 0.15) is 0 Å². The number of halogens is 2. The van der Waals surface area contributed by atoms with Gasteiger partial charge in [-0.1, -0.05) is 36.7 Å². The van der Waals surface area contributed by atoms with Crippen LogP contribution in [0.4, 0.5) is 0 Å². The number of likely N-dealkylation sites (tertiary alicyclic amines) is 1. The molecule has 2 N–H and O–H groups in total. The lowest BCUT2D eigenvalue weighted by atomic mass is 10.1. The zero-order valence-corrected chi connectivity index (χ0v) is 17.1. The van der Waals surface area contributed by atoms with E-state index in [1.165, 1.54) is 24.9 Å². The van der Waals surface area contributed by atoms with Gasteiger partial charge in [-0.05, 0) is 44.0 Å². The van der Waals surface area contributed by atoms with E-state index in [2.05, 4.69) is 33.5 Å². The first-order valence-corrected chi connectivity index (χ1v) is 8.54. The molecular weight excluding hydrogens is 423 g/mol. The van der Waals surface area contributed by atoms with Crippen LogP contribution >= 0.6 is 35.6 Å². The van der Waals surface area contributed by atoms with Crippen molar-refractivity contribution in [1.29, 1.82) is 0 Å². The topological polar surface area (TPSA) is 39.7 Å². The van der Waals surface area contributed by atoms with Gasteiger partial charge in [0.15, 0.2) is 5.96 Å². The average molecular weight is 451 g/mol. The van der Waals surface area contributed by atoms with E-state index < -0.39 is 0 Å². The van der Waals surface area contributed by atoms with Gasteiger partial charge < -0.3 is 10.6 Å². The largest absolute Gasteiger partial charge is 0.356 e. The van der Waals surface area contributed by atoms with Crippen LogP contribution in [0.2, 0.25) is 5.02 Å². The molecule has 0 spiro atoms. The first-order valence-electron chi connectivity index (χ1n) is 8.16. The molecule has 0 aromatic heterocycles. The molecule has 1 fully saturated rings. The average Bonchev–Trinajstić information content (AvgIpc) is 3.00. The van der Waals surface area contributed by atoms with Crippen LogP contribution in [0, 0.1) is 0 Å². The van der Waals surface area contributed by atoms with Crippen molar-refractivity contribution >= 4 is 41.5 Å². The predicted octanol–water partition coefficient (Wildman–Crippen LogP) is 3.15. The predicted molar refractivity (Wildman–Crippen MR) is 110 cm³/mol. The van der Waals surface area contributed by atoms with E-state index in [4.69, 9.17) is 11.6 Å². The van der Waals surface area contributed by atoms with Gasteiger partial charge in [0.05, 0.1) is 0 Å². The van der Waals surface area contributed by atoms with E-state index in [9.17, 15) is 0 Å². The molecule has 4 nitrogen and oxygen atoms in total. The van der Waals surface area contributed by atoms with Gasteiger partial charge in [0.2, 0.25) is 0 Å². The molecular formula is C17H28ClIN4. The Kier molecular flexibility index (Phi) is 9.90. The summed E-state index contributed by atoms with van der Waals surface area (Å²) >= 11 is 6.17. The summed E-state index contributed by atoms with van der Waals surface area (Å²) in [5.41, 5.74) is 1.17. The quantitative estimate of drug-likeness (QED) is 0.397.